The van der Waals surface area contributed by atoms with E-state index in [1.54, 1.807) is 12.1 Å². The third-order valence-electron chi connectivity index (χ3n) is 5.43. The summed E-state index contributed by atoms with van der Waals surface area (Å²) in [6, 6.07) is 14.7. The van der Waals surface area contributed by atoms with Crippen LogP contribution in [0.1, 0.15) is 11.1 Å². The van der Waals surface area contributed by atoms with Crippen LogP contribution >= 0.6 is 15.9 Å². The normalized spacial score (nSPS) is 22.5. The molecule has 0 unspecified atom stereocenters. The number of nitrogens with zero attached hydrogens (tertiary/aromatic N) is 2. The van der Waals surface area contributed by atoms with Gasteiger partial charge in [0.2, 0.25) is 11.8 Å². The van der Waals surface area contributed by atoms with E-state index in [-0.39, 0.29) is 29.5 Å². The highest BCUT2D eigenvalue weighted by molar-refractivity contribution is 9.10. The molecular formula is C21H20BrFN2O2. The number of carbonyl (C=O) groups is 2. The smallest absolute Gasteiger partial charge is 0.234 e. The lowest BCUT2D eigenvalue weighted by Crippen LogP contribution is -2.37. The van der Waals surface area contributed by atoms with Crippen molar-refractivity contribution in [3.63, 3.8) is 0 Å². The number of hydrogen-bond acceptors (Lipinski definition) is 3. The molecule has 2 aliphatic heterocycles. The molecule has 0 bridgehead atoms. The molecule has 2 aromatic carbocycles. The first kappa shape index (κ1) is 18.3. The molecule has 0 radical (unpaired) electrons. The molecule has 0 aromatic heterocycles. The van der Waals surface area contributed by atoms with Crippen LogP contribution in [0.5, 0.6) is 0 Å². The van der Waals surface area contributed by atoms with Crippen LogP contribution in [0, 0.1) is 17.7 Å². The third kappa shape index (κ3) is 3.69. The summed E-state index contributed by atoms with van der Waals surface area (Å²) in [4.78, 5) is 28.9. The van der Waals surface area contributed by atoms with Crippen molar-refractivity contribution in [2.45, 2.75) is 13.0 Å². The Labute approximate surface area is 166 Å². The van der Waals surface area contributed by atoms with E-state index in [1.165, 1.54) is 11.0 Å². The van der Waals surface area contributed by atoms with Crippen LogP contribution in [0.3, 0.4) is 0 Å². The second-order valence-corrected chi connectivity index (χ2v) is 8.12. The molecule has 2 atom stereocenters. The fraction of sp³-hybridized carbons (Fsp3) is 0.333. The molecule has 2 aromatic rings. The zero-order chi connectivity index (χ0) is 19.0. The summed E-state index contributed by atoms with van der Waals surface area (Å²) >= 11 is 3.36. The van der Waals surface area contributed by atoms with Gasteiger partial charge < -0.3 is 0 Å². The summed E-state index contributed by atoms with van der Waals surface area (Å²) in [5.74, 6) is -1.04. The fourth-order valence-electron chi connectivity index (χ4n) is 4.04. The number of likely N-dealkylation sites (tertiary alicyclic amines) is 2. The maximum absolute atomic E-state index is 14.0. The molecule has 0 aliphatic carbocycles. The predicted molar refractivity (Wildman–Crippen MR) is 103 cm³/mol. The first-order chi connectivity index (χ1) is 13.0. The van der Waals surface area contributed by atoms with Crippen LogP contribution in [0.15, 0.2) is 53.0 Å². The van der Waals surface area contributed by atoms with E-state index in [0.717, 1.165) is 10.0 Å². The van der Waals surface area contributed by atoms with Crippen molar-refractivity contribution in [3.8, 4) is 0 Å². The van der Waals surface area contributed by atoms with Gasteiger partial charge in [0, 0.05) is 36.2 Å². The third-order valence-corrected chi connectivity index (χ3v) is 5.92. The van der Waals surface area contributed by atoms with Gasteiger partial charge >= 0.3 is 0 Å². The monoisotopic (exact) mass is 430 g/mol. The zero-order valence-corrected chi connectivity index (χ0v) is 16.4. The molecule has 2 heterocycles. The van der Waals surface area contributed by atoms with E-state index in [9.17, 15) is 14.0 Å². The van der Waals surface area contributed by atoms with Crippen molar-refractivity contribution in [3.05, 3.63) is 69.9 Å². The maximum Gasteiger partial charge on any atom is 0.234 e. The largest absolute Gasteiger partial charge is 0.297 e. The number of hydrogen-bond donors (Lipinski definition) is 0. The summed E-state index contributed by atoms with van der Waals surface area (Å²) in [6.07, 6.45) is 0.671. The Morgan fingerprint density at radius 2 is 1.67 bits per heavy atom. The van der Waals surface area contributed by atoms with E-state index in [4.69, 9.17) is 0 Å². The van der Waals surface area contributed by atoms with E-state index >= 15 is 0 Å². The van der Waals surface area contributed by atoms with Gasteiger partial charge in [0.05, 0.1) is 11.8 Å². The lowest BCUT2D eigenvalue weighted by Gasteiger charge is -2.21. The number of imide groups is 1. The molecule has 0 saturated carbocycles. The molecule has 27 heavy (non-hydrogen) atoms. The molecule has 2 aliphatic rings. The molecular weight excluding hydrogens is 411 g/mol. The van der Waals surface area contributed by atoms with Gasteiger partial charge in [0.15, 0.2) is 0 Å². The average molecular weight is 431 g/mol. The van der Waals surface area contributed by atoms with Crippen LogP contribution in [0.4, 0.5) is 4.39 Å². The molecule has 2 fully saturated rings. The summed E-state index contributed by atoms with van der Waals surface area (Å²) in [6.45, 7) is 1.84. The fourth-order valence-corrected chi connectivity index (χ4v) is 4.44. The summed E-state index contributed by atoms with van der Waals surface area (Å²) < 4.78 is 14.8. The summed E-state index contributed by atoms with van der Waals surface area (Å²) in [5, 5.41) is 0. The molecule has 4 nitrogen and oxygen atoms in total. The van der Waals surface area contributed by atoms with Crippen LogP contribution in [0.2, 0.25) is 0 Å². The lowest BCUT2D eigenvalue weighted by atomic mass is 10.00. The quantitative estimate of drug-likeness (QED) is 0.683. The maximum atomic E-state index is 14.0. The van der Waals surface area contributed by atoms with Crippen molar-refractivity contribution in [2.24, 2.45) is 11.8 Å². The van der Waals surface area contributed by atoms with E-state index in [0.29, 0.717) is 38.2 Å². The molecule has 140 valence electrons. The predicted octanol–water partition coefficient (Wildman–Crippen LogP) is 3.25. The minimum atomic E-state index is -0.302. The van der Waals surface area contributed by atoms with Gasteiger partial charge in [-0.05, 0) is 30.2 Å². The molecule has 2 saturated heterocycles. The van der Waals surface area contributed by atoms with Crippen molar-refractivity contribution in [1.29, 1.82) is 0 Å². The minimum absolute atomic E-state index is 0.0851. The van der Waals surface area contributed by atoms with Gasteiger partial charge in [0.1, 0.15) is 5.82 Å². The highest BCUT2D eigenvalue weighted by atomic mass is 79.9. The Bertz CT molecular complexity index is 850. The van der Waals surface area contributed by atoms with Crippen LogP contribution in [-0.4, -0.2) is 41.2 Å². The zero-order valence-electron chi connectivity index (χ0n) is 14.8. The Kier molecular flexibility index (Phi) is 5.10. The number of rotatable bonds is 5. The number of halogens is 2. The Morgan fingerprint density at radius 1 is 1.00 bits per heavy atom. The first-order valence-corrected chi connectivity index (χ1v) is 9.87. The molecule has 4 rings (SSSR count). The van der Waals surface area contributed by atoms with Gasteiger partial charge in [-0.2, -0.15) is 0 Å². The Balaban J connectivity index is 1.40. The highest BCUT2D eigenvalue weighted by Crippen LogP contribution is 2.34. The second kappa shape index (κ2) is 7.52. The van der Waals surface area contributed by atoms with Crippen molar-refractivity contribution >= 4 is 27.7 Å². The van der Waals surface area contributed by atoms with E-state index in [2.05, 4.69) is 15.9 Å². The number of amides is 2. The standard InChI is InChI=1S/C21H20BrFN2O2/c22-16-6-7-19(23)15(10-16)11-24-12-17-18(13-24)21(27)25(20(17)26)9-8-14-4-2-1-3-5-14/h1-7,10,17-18H,8-9,11-13H2/t17-,18+. The van der Waals surface area contributed by atoms with Gasteiger partial charge in [-0.3, -0.25) is 19.4 Å². The van der Waals surface area contributed by atoms with E-state index in [1.807, 2.05) is 35.2 Å². The van der Waals surface area contributed by atoms with E-state index < -0.39 is 0 Å². The van der Waals surface area contributed by atoms with Crippen molar-refractivity contribution < 1.29 is 14.0 Å². The lowest BCUT2D eigenvalue weighted by molar-refractivity contribution is -0.140. The van der Waals surface area contributed by atoms with Gasteiger partial charge in [-0.15, -0.1) is 0 Å². The topological polar surface area (TPSA) is 40.6 Å². The Morgan fingerprint density at radius 3 is 2.33 bits per heavy atom. The van der Waals surface area contributed by atoms with Gasteiger partial charge in [-0.25, -0.2) is 4.39 Å². The van der Waals surface area contributed by atoms with Crippen LogP contribution < -0.4 is 0 Å². The number of fused-ring (bicyclic) bond motifs is 1. The summed E-state index contributed by atoms with van der Waals surface area (Å²) in [7, 11) is 0. The molecule has 0 N–H and O–H groups in total. The van der Waals surface area contributed by atoms with Crippen molar-refractivity contribution in [2.75, 3.05) is 19.6 Å². The molecule has 6 heteroatoms. The van der Waals surface area contributed by atoms with Crippen molar-refractivity contribution in [1.82, 2.24) is 9.80 Å². The first-order valence-electron chi connectivity index (χ1n) is 9.08. The van der Waals surface area contributed by atoms with Crippen LogP contribution in [-0.2, 0) is 22.6 Å². The summed E-state index contributed by atoms with van der Waals surface area (Å²) in [5.41, 5.74) is 1.69. The highest BCUT2D eigenvalue weighted by Gasteiger charge is 2.51. The average Bonchev–Trinajstić information content (AvgIpc) is 3.17. The number of benzene rings is 2. The van der Waals surface area contributed by atoms with Gasteiger partial charge in [0.25, 0.3) is 0 Å². The molecule has 2 amide bonds. The molecule has 0 spiro atoms. The minimum Gasteiger partial charge on any atom is -0.297 e. The number of carbonyl (C=O) groups excluding carboxylic acids is 2. The van der Waals surface area contributed by atoms with Gasteiger partial charge in [-0.1, -0.05) is 46.3 Å². The second-order valence-electron chi connectivity index (χ2n) is 7.21. The van der Waals surface area contributed by atoms with Crippen LogP contribution in [0.25, 0.3) is 0 Å². The Hall–Kier alpha value is -2.05. The SMILES string of the molecule is O=C1[C@H]2CN(Cc3cc(Br)ccc3F)C[C@H]2C(=O)N1CCc1ccccc1.